The lowest BCUT2D eigenvalue weighted by Gasteiger charge is -2.50. The molecule has 5 aliphatic rings. The number of fused-ring (bicyclic) bond motifs is 1. The van der Waals surface area contributed by atoms with Crippen LogP contribution in [0.4, 0.5) is 0 Å². The minimum absolute atomic E-state index is 0.181. The molecule has 2 bridgehead atoms. The Hall–Kier alpha value is -0.730. The predicted molar refractivity (Wildman–Crippen MR) is 69.5 cm³/mol. The van der Waals surface area contributed by atoms with Crippen molar-refractivity contribution in [3.8, 4) is 0 Å². The number of hydrogen-bond acceptors (Lipinski definition) is 7. The van der Waals surface area contributed by atoms with Gasteiger partial charge in [-0.05, 0) is 6.42 Å². The quantitative estimate of drug-likeness (QED) is 0.660. The summed E-state index contributed by atoms with van der Waals surface area (Å²) in [4.78, 5) is 11.3. The maximum absolute atomic E-state index is 11.3. The SMILES string of the molecule is CC(=O)O[C@@H]1O[C@H]2C[C@@]34CO[C@@H]1[C@@]3(CCC1(C4)OCCO1)O2. The topological polar surface area (TPSA) is 72.5 Å². The fourth-order valence-electron chi connectivity index (χ4n) is 5.14. The molecule has 1 saturated carbocycles. The Balaban J connectivity index is 1.50. The molecule has 1 aliphatic carbocycles. The van der Waals surface area contributed by atoms with Crippen LogP contribution in [0.1, 0.15) is 32.6 Å². The van der Waals surface area contributed by atoms with Crippen molar-refractivity contribution in [1.82, 2.24) is 0 Å². The third-order valence-corrected chi connectivity index (χ3v) is 5.91. The molecule has 5 atom stereocenters. The van der Waals surface area contributed by atoms with Crippen LogP contribution >= 0.6 is 0 Å². The molecule has 0 aromatic rings. The zero-order chi connectivity index (χ0) is 15.0. The lowest BCUT2D eigenvalue weighted by atomic mass is 9.61. The minimum Gasteiger partial charge on any atom is -0.433 e. The summed E-state index contributed by atoms with van der Waals surface area (Å²) in [5.41, 5.74) is -0.629. The molecule has 0 N–H and O–H groups in total. The number of carbonyl (C=O) groups excluding carboxylic acids is 1. The minimum atomic E-state index is -0.680. The molecule has 0 aromatic heterocycles. The first kappa shape index (κ1) is 13.7. The van der Waals surface area contributed by atoms with E-state index in [1.54, 1.807) is 0 Å². The summed E-state index contributed by atoms with van der Waals surface area (Å²) in [7, 11) is 0. The van der Waals surface area contributed by atoms with E-state index in [2.05, 4.69) is 0 Å². The van der Waals surface area contributed by atoms with Gasteiger partial charge in [-0.15, -0.1) is 0 Å². The van der Waals surface area contributed by atoms with Crippen molar-refractivity contribution in [2.24, 2.45) is 5.41 Å². The number of carbonyl (C=O) groups is 1. The second-order valence-corrected chi connectivity index (χ2v) is 7.05. The van der Waals surface area contributed by atoms with Gasteiger partial charge in [-0.3, -0.25) is 4.79 Å². The van der Waals surface area contributed by atoms with Gasteiger partial charge in [-0.25, -0.2) is 0 Å². The molecule has 4 heterocycles. The number of hydrogen-bond donors (Lipinski definition) is 0. The van der Waals surface area contributed by atoms with E-state index < -0.39 is 17.7 Å². The fourth-order valence-corrected chi connectivity index (χ4v) is 5.14. The summed E-state index contributed by atoms with van der Waals surface area (Å²) < 4.78 is 35.2. The van der Waals surface area contributed by atoms with Crippen LogP contribution in [0, 0.1) is 5.41 Å². The largest absolute Gasteiger partial charge is 0.433 e. The maximum atomic E-state index is 11.3. The average Bonchev–Trinajstić information content (AvgIpc) is 3.07. The number of ether oxygens (including phenoxy) is 6. The van der Waals surface area contributed by atoms with Gasteiger partial charge in [0, 0.05) is 31.6 Å². The fraction of sp³-hybridized carbons (Fsp3) is 0.933. The van der Waals surface area contributed by atoms with E-state index in [1.165, 1.54) is 6.92 Å². The number of rotatable bonds is 1. The number of esters is 1. The highest BCUT2D eigenvalue weighted by Gasteiger charge is 2.76. The maximum Gasteiger partial charge on any atom is 0.305 e. The molecule has 0 aromatic carbocycles. The highest BCUT2D eigenvalue weighted by atomic mass is 16.8. The van der Waals surface area contributed by atoms with E-state index >= 15 is 0 Å². The third-order valence-electron chi connectivity index (χ3n) is 5.91. The van der Waals surface area contributed by atoms with Crippen molar-refractivity contribution < 1.29 is 33.2 Å². The lowest BCUT2D eigenvalue weighted by Crippen LogP contribution is -2.62. The molecule has 22 heavy (non-hydrogen) atoms. The summed E-state index contributed by atoms with van der Waals surface area (Å²) in [5, 5.41) is 0. The summed E-state index contributed by atoms with van der Waals surface area (Å²) >= 11 is 0. The van der Waals surface area contributed by atoms with E-state index in [1.807, 2.05) is 0 Å². The smallest absolute Gasteiger partial charge is 0.305 e. The molecular weight excluding hydrogens is 292 g/mol. The van der Waals surface area contributed by atoms with E-state index in [4.69, 9.17) is 28.4 Å². The normalized spacial score (nSPS) is 51.0. The van der Waals surface area contributed by atoms with Crippen molar-refractivity contribution in [3.63, 3.8) is 0 Å². The summed E-state index contributed by atoms with van der Waals surface area (Å²) in [5.74, 6) is -0.861. The Morgan fingerprint density at radius 3 is 2.82 bits per heavy atom. The molecule has 7 nitrogen and oxygen atoms in total. The Labute approximate surface area is 128 Å². The molecule has 0 amide bonds. The van der Waals surface area contributed by atoms with Crippen LogP contribution in [0.5, 0.6) is 0 Å². The van der Waals surface area contributed by atoms with Crippen LogP contribution < -0.4 is 0 Å². The molecule has 0 unspecified atom stereocenters. The first-order chi connectivity index (χ1) is 10.6. The molecular formula is C15H20O7. The van der Waals surface area contributed by atoms with Crippen molar-refractivity contribution in [2.75, 3.05) is 19.8 Å². The summed E-state index contributed by atoms with van der Waals surface area (Å²) in [6.45, 7) is 3.24. The Morgan fingerprint density at radius 1 is 1.23 bits per heavy atom. The molecule has 2 spiro atoms. The highest BCUT2D eigenvalue weighted by Crippen LogP contribution is 2.66. The van der Waals surface area contributed by atoms with Crippen LogP contribution in [-0.2, 0) is 33.2 Å². The van der Waals surface area contributed by atoms with Crippen molar-refractivity contribution >= 4 is 5.97 Å². The Kier molecular flexibility index (Phi) is 2.62. The van der Waals surface area contributed by atoms with Gasteiger partial charge in [0.15, 0.2) is 12.1 Å². The van der Waals surface area contributed by atoms with Gasteiger partial charge in [-0.1, -0.05) is 0 Å². The van der Waals surface area contributed by atoms with Gasteiger partial charge in [0.1, 0.15) is 11.7 Å². The second kappa shape index (κ2) is 4.21. The average molecular weight is 312 g/mol. The van der Waals surface area contributed by atoms with Crippen LogP contribution in [0.15, 0.2) is 0 Å². The molecule has 7 heteroatoms. The van der Waals surface area contributed by atoms with Crippen LogP contribution in [0.3, 0.4) is 0 Å². The van der Waals surface area contributed by atoms with E-state index in [0.717, 1.165) is 25.7 Å². The van der Waals surface area contributed by atoms with E-state index in [0.29, 0.717) is 19.8 Å². The zero-order valence-electron chi connectivity index (χ0n) is 12.5. The van der Waals surface area contributed by atoms with Crippen molar-refractivity contribution in [1.29, 1.82) is 0 Å². The summed E-state index contributed by atoms with van der Waals surface area (Å²) in [6, 6.07) is 0. The second-order valence-electron chi connectivity index (χ2n) is 7.05. The van der Waals surface area contributed by atoms with Crippen molar-refractivity contribution in [2.45, 2.75) is 62.7 Å². The zero-order valence-corrected chi connectivity index (χ0v) is 12.5. The Morgan fingerprint density at radius 2 is 2.05 bits per heavy atom. The van der Waals surface area contributed by atoms with Crippen LogP contribution in [0.2, 0.25) is 0 Å². The molecule has 4 aliphatic heterocycles. The summed E-state index contributed by atoms with van der Waals surface area (Å²) in [6.07, 6.45) is 1.64. The van der Waals surface area contributed by atoms with Gasteiger partial charge in [0.05, 0.1) is 19.8 Å². The van der Waals surface area contributed by atoms with Crippen LogP contribution in [0.25, 0.3) is 0 Å². The van der Waals surface area contributed by atoms with Gasteiger partial charge < -0.3 is 28.4 Å². The first-order valence-electron chi connectivity index (χ1n) is 7.97. The van der Waals surface area contributed by atoms with Gasteiger partial charge in [0.25, 0.3) is 0 Å². The van der Waals surface area contributed by atoms with Gasteiger partial charge in [-0.2, -0.15) is 0 Å². The molecule has 5 fully saturated rings. The predicted octanol–water partition coefficient (Wildman–Crippen LogP) is 0.703. The van der Waals surface area contributed by atoms with Gasteiger partial charge in [0.2, 0.25) is 6.29 Å². The molecule has 0 radical (unpaired) electrons. The molecule has 4 saturated heterocycles. The monoisotopic (exact) mass is 312 g/mol. The highest BCUT2D eigenvalue weighted by molar-refractivity contribution is 5.66. The molecule has 5 rings (SSSR count). The third kappa shape index (κ3) is 1.56. The lowest BCUT2D eigenvalue weighted by molar-refractivity contribution is -0.345. The van der Waals surface area contributed by atoms with Gasteiger partial charge >= 0.3 is 5.97 Å². The van der Waals surface area contributed by atoms with Crippen LogP contribution in [-0.4, -0.2) is 55.9 Å². The standard InChI is InChI=1S/C15H20O7/c1-9(16)20-12-11-15-3-2-14(18-4-5-19-14)7-13(15,8-17-11)6-10(21-12)22-15/h10-12H,2-8H2,1H3/t10-,11+,12-,13-,15-/m1/s1. The van der Waals surface area contributed by atoms with E-state index in [-0.39, 0.29) is 23.8 Å². The first-order valence-corrected chi connectivity index (χ1v) is 7.97. The Bertz CT molecular complexity index is 516. The molecule has 122 valence electrons. The van der Waals surface area contributed by atoms with Crippen molar-refractivity contribution in [3.05, 3.63) is 0 Å². The van der Waals surface area contributed by atoms with E-state index in [9.17, 15) is 4.79 Å².